The van der Waals surface area contributed by atoms with Gasteiger partial charge in [0.2, 0.25) is 0 Å². The third-order valence-electron chi connectivity index (χ3n) is 6.09. The first-order valence-corrected chi connectivity index (χ1v) is 11.4. The molecule has 2 aromatic carbocycles. The minimum Gasteiger partial charge on any atom is -0.396 e. The van der Waals surface area contributed by atoms with Crippen molar-refractivity contribution in [3.05, 3.63) is 47.5 Å². The van der Waals surface area contributed by atoms with Gasteiger partial charge in [-0.05, 0) is 87.5 Å². The number of hydrogen-bond acceptors (Lipinski definition) is 4. The second-order valence-corrected chi connectivity index (χ2v) is 9.17. The summed E-state index contributed by atoms with van der Waals surface area (Å²) >= 11 is 1.52. The predicted molar refractivity (Wildman–Crippen MR) is 122 cm³/mol. The van der Waals surface area contributed by atoms with Gasteiger partial charge in [-0.25, -0.2) is 0 Å². The van der Waals surface area contributed by atoms with Crippen LogP contribution in [0.1, 0.15) is 36.8 Å². The van der Waals surface area contributed by atoms with Crippen LogP contribution in [-0.2, 0) is 12.6 Å². The standard InChI is InChI=1S/C23H27F3N2OS.ClH/c24-23(25,26)18-7-8-21-22(27-19-5-1-2-6-20(19)30-21)17(18)4-3-12-28-13-9-16(10-14-28)11-15-29;/h1-2,5-8,16,27,29H,3-4,9-15H2;1H. The molecule has 2 aliphatic rings. The Bertz CT molecular complexity index is 886. The third-order valence-corrected chi connectivity index (χ3v) is 7.23. The van der Waals surface area contributed by atoms with E-state index in [9.17, 15) is 13.2 Å². The van der Waals surface area contributed by atoms with Gasteiger partial charge in [-0.15, -0.1) is 12.4 Å². The van der Waals surface area contributed by atoms with Crippen LogP contribution in [0.25, 0.3) is 0 Å². The van der Waals surface area contributed by atoms with Gasteiger partial charge in [-0.1, -0.05) is 23.9 Å². The molecule has 0 unspecified atom stereocenters. The van der Waals surface area contributed by atoms with Crippen LogP contribution in [0, 0.1) is 5.92 Å². The van der Waals surface area contributed by atoms with Crippen LogP contribution in [0.3, 0.4) is 0 Å². The molecule has 1 saturated heterocycles. The third kappa shape index (κ3) is 5.69. The Labute approximate surface area is 191 Å². The molecule has 0 saturated carbocycles. The Kier molecular flexibility index (Phi) is 8.19. The highest BCUT2D eigenvalue weighted by Crippen LogP contribution is 2.48. The second kappa shape index (κ2) is 10.5. The summed E-state index contributed by atoms with van der Waals surface area (Å²) in [6.45, 7) is 2.96. The monoisotopic (exact) mass is 472 g/mol. The van der Waals surface area contributed by atoms with Crippen LogP contribution in [0.4, 0.5) is 24.5 Å². The highest BCUT2D eigenvalue weighted by atomic mass is 35.5. The number of fused-ring (bicyclic) bond motifs is 2. The molecule has 0 amide bonds. The lowest BCUT2D eigenvalue weighted by Gasteiger charge is -2.32. The van der Waals surface area contributed by atoms with Gasteiger partial charge in [0.15, 0.2) is 0 Å². The smallest absolute Gasteiger partial charge is 0.396 e. The summed E-state index contributed by atoms with van der Waals surface area (Å²) in [6.07, 6.45) is -0.309. The Morgan fingerprint density at radius 3 is 2.52 bits per heavy atom. The molecule has 1 fully saturated rings. The zero-order valence-corrected chi connectivity index (χ0v) is 18.9. The summed E-state index contributed by atoms with van der Waals surface area (Å²) in [4.78, 5) is 4.22. The summed E-state index contributed by atoms with van der Waals surface area (Å²) in [7, 11) is 0. The van der Waals surface area contributed by atoms with E-state index in [1.165, 1.54) is 17.8 Å². The Balaban J connectivity index is 0.00000272. The number of rotatable bonds is 6. The first-order chi connectivity index (χ1) is 14.5. The maximum Gasteiger partial charge on any atom is 0.416 e. The molecule has 2 heterocycles. The first-order valence-electron chi connectivity index (χ1n) is 10.6. The number of benzene rings is 2. The highest BCUT2D eigenvalue weighted by molar-refractivity contribution is 7.99. The van der Waals surface area contributed by atoms with E-state index >= 15 is 0 Å². The number of alkyl halides is 3. The number of anilines is 2. The van der Waals surface area contributed by atoms with Gasteiger partial charge < -0.3 is 15.3 Å². The van der Waals surface area contributed by atoms with Gasteiger partial charge >= 0.3 is 6.18 Å². The number of aliphatic hydroxyl groups excluding tert-OH is 1. The number of nitrogens with zero attached hydrogens (tertiary/aromatic N) is 1. The Morgan fingerprint density at radius 1 is 1.06 bits per heavy atom. The zero-order chi connectivity index (χ0) is 21.1. The Morgan fingerprint density at radius 2 is 1.81 bits per heavy atom. The first kappa shape index (κ1) is 24.2. The second-order valence-electron chi connectivity index (χ2n) is 8.09. The number of halogens is 4. The van der Waals surface area contributed by atoms with E-state index in [-0.39, 0.29) is 19.0 Å². The van der Waals surface area contributed by atoms with Gasteiger partial charge in [0, 0.05) is 16.4 Å². The van der Waals surface area contributed by atoms with Crippen molar-refractivity contribution in [1.82, 2.24) is 4.90 Å². The molecule has 0 spiro atoms. The minimum atomic E-state index is -4.36. The van der Waals surface area contributed by atoms with Crippen molar-refractivity contribution in [1.29, 1.82) is 0 Å². The molecule has 0 bridgehead atoms. The molecule has 0 aliphatic carbocycles. The summed E-state index contributed by atoms with van der Waals surface area (Å²) < 4.78 is 41.2. The van der Waals surface area contributed by atoms with Crippen molar-refractivity contribution < 1.29 is 18.3 Å². The summed E-state index contributed by atoms with van der Waals surface area (Å²) in [5.41, 5.74) is 1.31. The molecule has 4 rings (SSSR count). The number of aliphatic hydroxyl groups is 1. The van der Waals surface area contributed by atoms with E-state index in [1.807, 2.05) is 24.3 Å². The average Bonchev–Trinajstić information content (AvgIpc) is 2.73. The fourth-order valence-electron chi connectivity index (χ4n) is 4.45. The van der Waals surface area contributed by atoms with Gasteiger partial charge in [-0.2, -0.15) is 13.2 Å². The maximum atomic E-state index is 13.7. The predicted octanol–water partition coefficient (Wildman–Crippen LogP) is 6.36. The lowest BCUT2D eigenvalue weighted by molar-refractivity contribution is -0.138. The number of hydrogen-bond donors (Lipinski definition) is 2. The fraction of sp³-hybridized carbons (Fsp3) is 0.478. The zero-order valence-electron chi connectivity index (χ0n) is 17.3. The quantitative estimate of drug-likeness (QED) is 0.437. The van der Waals surface area contributed by atoms with E-state index in [0.717, 1.165) is 54.4 Å². The number of nitrogens with one attached hydrogen (secondary N) is 1. The molecule has 0 radical (unpaired) electrons. The molecule has 0 aromatic heterocycles. The van der Waals surface area contributed by atoms with Crippen molar-refractivity contribution in [2.75, 3.05) is 31.6 Å². The fourth-order valence-corrected chi connectivity index (χ4v) is 5.47. The van der Waals surface area contributed by atoms with Crippen molar-refractivity contribution in [2.45, 2.75) is 48.1 Å². The number of para-hydroxylation sites is 1. The molecule has 170 valence electrons. The van der Waals surface area contributed by atoms with Crippen molar-refractivity contribution in [2.24, 2.45) is 5.92 Å². The lowest BCUT2D eigenvalue weighted by atomic mass is 9.93. The molecular formula is C23H28ClF3N2OS. The van der Waals surface area contributed by atoms with Crippen molar-refractivity contribution in [3.63, 3.8) is 0 Å². The van der Waals surface area contributed by atoms with Crippen molar-refractivity contribution in [3.8, 4) is 0 Å². The van der Waals surface area contributed by atoms with E-state index < -0.39 is 11.7 Å². The normalized spacial score (nSPS) is 16.8. The summed E-state index contributed by atoms with van der Waals surface area (Å²) in [5, 5.41) is 12.4. The van der Waals surface area contributed by atoms with E-state index in [2.05, 4.69) is 10.2 Å². The molecular weight excluding hydrogens is 445 g/mol. The van der Waals surface area contributed by atoms with Crippen LogP contribution in [0.5, 0.6) is 0 Å². The van der Waals surface area contributed by atoms with Crippen LogP contribution < -0.4 is 5.32 Å². The van der Waals surface area contributed by atoms with E-state index in [4.69, 9.17) is 5.11 Å². The molecule has 31 heavy (non-hydrogen) atoms. The summed E-state index contributed by atoms with van der Waals surface area (Å²) in [5.74, 6) is 0.575. The van der Waals surface area contributed by atoms with Crippen LogP contribution in [-0.4, -0.2) is 36.2 Å². The summed E-state index contributed by atoms with van der Waals surface area (Å²) in [6, 6.07) is 10.5. The van der Waals surface area contributed by atoms with Crippen molar-refractivity contribution >= 4 is 35.5 Å². The molecule has 8 heteroatoms. The number of piperidine rings is 1. The van der Waals surface area contributed by atoms with Gasteiger partial charge in [-0.3, -0.25) is 0 Å². The SMILES string of the molecule is Cl.OCCC1CCN(CCCc2c(C(F)(F)F)ccc3c2Nc2ccccc2S3)CC1. The minimum absolute atomic E-state index is 0. The van der Waals surface area contributed by atoms with Gasteiger partial charge in [0.25, 0.3) is 0 Å². The van der Waals surface area contributed by atoms with E-state index in [0.29, 0.717) is 30.0 Å². The van der Waals surface area contributed by atoms with Gasteiger partial charge in [0.05, 0.1) is 16.9 Å². The highest BCUT2D eigenvalue weighted by Gasteiger charge is 2.35. The topological polar surface area (TPSA) is 35.5 Å². The van der Waals surface area contributed by atoms with Crippen LogP contribution >= 0.6 is 24.2 Å². The molecule has 2 N–H and O–H groups in total. The molecule has 3 nitrogen and oxygen atoms in total. The molecule has 2 aliphatic heterocycles. The Hall–Kier alpha value is -1.41. The van der Waals surface area contributed by atoms with Crippen LogP contribution in [0.15, 0.2) is 46.2 Å². The van der Waals surface area contributed by atoms with Gasteiger partial charge in [0.1, 0.15) is 0 Å². The lowest BCUT2D eigenvalue weighted by Crippen LogP contribution is -2.34. The van der Waals surface area contributed by atoms with E-state index in [1.54, 1.807) is 6.07 Å². The average molecular weight is 473 g/mol. The number of likely N-dealkylation sites (tertiary alicyclic amines) is 1. The van der Waals surface area contributed by atoms with Crippen LogP contribution in [0.2, 0.25) is 0 Å². The molecule has 2 aromatic rings. The largest absolute Gasteiger partial charge is 0.416 e. The maximum absolute atomic E-state index is 13.7. The molecule has 0 atom stereocenters.